The van der Waals surface area contributed by atoms with Gasteiger partial charge in [0.25, 0.3) is 0 Å². The molecule has 16 heavy (non-hydrogen) atoms. The molecule has 2 nitrogen and oxygen atoms in total. The Hall–Kier alpha value is -0.670. The number of aromatic hydroxyl groups is 1. The van der Waals surface area contributed by atoms with Crippen LogP contribution < -0.4 is 0 Å². The fourth-order valence-electron chi connectivity index (χ4n) is 2.20. The molecule has 0 aromatic heterocycles. The van der Waals surface area contributed by atoms with E-state index in [0.29, 0.717) is 5.75 Å². The lowest BCUT2D eigenvalue weighted by atomic mass is 10.0. The van der Waals surface area contributed by atoms with Crippen molar-refractivity contribution >= 4 is 11.8 Å². The second-order valence-electron chi connectivity index (χ2n) is 4.55. The fraction of sp³-hybridized carbons (Fsp3) is 0.538. The van der Waals surface area contributed by atoms with Gasteiger partial charge in [0.15, 0.2) is 0 Å². The third-order valence-corrected chi connectivity index (χ3v) is 4.36. The van der Waals surface area contributed by atoms with Gasteiger partial charge in [0.1, 0.15) is 5.75 Å². The maximum Gasteiger partial charge on any atom is 0.129 e. The summed E-state index contributed by atoms with van der Waals surface area (Å²) in [5, 5.41) is 9.66. The molecule has 1 aliphatic rings. The van der Waals surface area contributed by atoms with Gasteiger partial charge in [-0.25, -0.2) is 0 Å². The van der Waals surface area contributed by atoms with Gasteiger partial charge >= 0.3 is 0 Å². The van der Waals surface area contributed by atoms with E-state index in [4.69, 9.17) is 0 Å². The summed E-state index contributed by atoms with van der Waals surface area (Å²) in [7, 11) is 2.19. The van der Waals surface area contributed by atoms with E-state index >= 15 is 0 Å². The van der Waals surface area contributed by atoms with E-state index in [-0.39, 0.29) is 0 Å². The second kappa shape index (κ2) is 5.60. The number of phenolic OH excluding ortho intramolecular Hbond substituents is 1. The van der Waals surface area contributed by atoms with Gasteiger partial charge in [0.05, 0.1) is 0 Å². The maximum absolute atomic E-state index is 9.66. The molecule has 1 aromatic carbocycles. The summed E-state index contributed by atoms with van der Waals surface area (Å²) in [5.41, 5.74) is 0. The Balaban J connectivity index is 1.85. The van der Waals surface area contributed by atoms with Crippen LogP contribution in [0.15, 0.2) is 29.2 Å². The monoisotopic (exact) mass is 237 g/mol. The zero-order valence-electron chi connectivity index (χ0n) is 9.72. The first kappa shape index (κ1) is 11.8. The SMILES string of the molecule is CN1CCCC(CSc2ccccc2O)C1. The summed E-state index contributed by atoms with van der Waals surface area (Å²) in [6.45, 7) is 2.43. The summed E-state index contributed by atoms with van der Waals surface area (Å²) in [5.74, 6) is 2.29. The first-order valence-electron chi connectivity index (χ1n) is 5.85. The molecule has 3 heteroatoms. The predicted octanol–water partition coefficient (Wildman–Crippen LogP) is 2.83. The van der Waals surface area contributed by atoms with Crippen molar-refractivity contribution in [1.82, 2.24) is 4.90 Å². The molecule has 1 atom stereocenters. The molecule has 2 rings (SSSR count). The number of para-hydroxylation sites is 1. The van der Waals surface area contributed by atoms with Gasteiger partial charge in [-0.1, -0.05) is 12.1 Å². The summed E-state index contributed by atoms with van der Waals surface area (Å²) >= 11 is 1.78. The van der Waals surface area contributed by atoms with Crippen molar-refractivity contribution in [3.63, 3.8) is 0 Å². The molecule has 1 saturated heterocycles. The summed E-state index contributed by atoms with van der Waals surface area (Å²) < 4.78 is 0. The molecule has 1 aliphatic heterocycles. The highest BCUT2D eigenvalue weighted by atomic mass is 32.2. The van der Waals surface area contributed by atoms with Crippen molar-refractivity contribution in [3.05, 3.63) is 24.3 Å². The number of thioether (sulfide) groups is 1. The number of likely N-dealkylation sites (tertiary alicyclic amines) is 1. The maximum atomic E-state index is 9.66. The number of hydrogen-bond acceptors (Lipinski definition) is 3. The van der Waals surface area contributed by atoms with E-state index in [1.165, 1.54) is 25.9 Å². The van der Waals surface area contributed by atoms with E-state index in [1.807, 2.05) is 18.2 Å². The lowest BCUT2D eigenvalue weighted by Crippen LogP contribution is -2.33. The highest BCUT2D eigenvalue weighted by Gasteiger charge is 2.17. The third-order valence-electron chi connectivity index (χ3n) is 3.06. The first-order valence-corrected chi connectivity index (χ1v) is 6.83. The Morgan fingerprint density at radius 2 is 2.25 bits per heavy atom. The average Bonchev–Trinajstić information content (AvgIpc) is 2.28. The van der Waals surface area contributed by atoms with Gasteiger partial charge in [-0.15, -0.1) is 11.8 Å². The Labute approximate surface area is 102 Å². The zero-order chi connectivity index (χ0) is 11.4. The third kappa shape index (κ3) is 3.16. The summed E-state index contributed by atoms with van der Waals surface area (Å²) in [6, 6.07) is 7.60. The Bertz CT molecular complexity index is 342. The number of piperidine rings is 1. The number of rotatable bonds is 3. The van der Waals surface area contributed by atoms with Gasteiger partial charge in [-0.05, 0) is 44.5 Å². The van der Waals surface area contributed by atoms with Crippen LogP contribution in [0.2, 0.25) is 0 Å². The molecule has 1 unspecified atom stereocenters. The van der Waals surface area contributed by atoms with Gasteiger partial charge in [-0.3, -0.25) is 0 Å². The van der Waals surface area contributed by atoms with Crippen LogP contribution in [-0.4, -0.2) is 35.9 Å². The van der Waals surface area contributed by atoms with Crippen LogP contribution in [0.3, 0.4) is 0 Å². The minimum atomic E-state index is 0.414. The summed E-state index contributed by atoms with van der Waals surface area (Å²) in [4.78, 5) is 3.41. The van der Waals surface area contributed by atoms with Crippen LogP contribution >= 0.6 is 11.8 Å². The number of nitrogens with zero attached hydrogens (tertiary/aromatic N) is 1. The van der Waals surface area contributed by atoms with E-state index in [9.17, 15) is 5.11 Å². The van der Waals surface area contributed by atoms with Crippen LogP contribution in [0.4, 0.5) is 0 Å². The largest absolute Gasteiger partial charge is 0.507 e. The van der Waals surface area contributed by atoms with Crippen LogP contribution in [0.25, 0.3) is 0 Å². The topological polar surface area (TPSA) is 23.5 Å². The average molecular weight is 237 g/mol. The van der Waals surface area contributed by atoms with Crippen molar-refractivity contribution in [2.75, 3.05) is 25.9 Å². The van der Waals surface area contributed by atoms with Crippen molar-refractivity contribution in [1.29, 1.82) is 0 Å². The molecule has 0 bridgehead atoms. The normalized spacial score (nSPS) is 22.2. The molecule has 1 aromatic rings. The molecule has 1 fully saturated rings. The molecular formula is C13H19NOS. The van der Waals surface area contributed by atoms with Crippen LogP contribution in [0.5, 0.6) is 5.75 Å². The Morgan fingerprint density at radius 1 is 1.44 bits per heavy atom. The predicted molar refractivity (Wildman–Crippen MR) is 69.1 cm³/mol. The Morgan fingerprint density at radius 3 is 3.00 bits per heavy atom. The lowest BCUT2D eigenvalue weighted by molar-refractivity contribution is 0.224. The molecule has 0 amide bonds. The molecule has 0 saturated carbocycles. The van der Waals surface area contributed by atoms with Gasteiger partial charge < -0.3 is 10.0 Å². The first-order chi connectivity index (χ1) is 7.75. The van der Waals surface area contributed by atoms with Gasteiger partial charge in [0, 0.05) is 17.2 Å². The Kier molecular flexibility index (Phi) is 4.13. The second-order valence-corrected chi connectivity index (χ2v) is 5.61. The molecule has 0 spiro atoms. The molecule has 1 heterocycles. The molecule has 1 N–H and O–H groups in total. The molecule has 0 radical (unpaired) electrons. The van der Waals surface area contributed by atoms with E-state index < -0.39 is 0 Å². The standard InChI is InChI=1S/C13H19NOS/c1-14-8-4-5-11(9-14)10-16-13-7-3-2-6-12(13)15/h2-3,6-7,11,15H,4-5,8-10H2,1H3. The van der Waals surface area contributed by atoms with Gasteiger partial charge in [-0.2, -0.15) is 0 Å². The highest BCUT2D eigenvalue weighted by molar-refractivity contribution is 7.99. The van der Waals surface area contributed by atoms with E-state index in [0.717, 1.165) is 16.6 Å². The lowest BCUT2D eigenvalue weighted by Gasteiger charge is -2.29. The molecule has 88 valence electrons. The molecule has 0 aliphatic carbocycles. The van der Waals surface area contributed by atoms with E-state index in [1.54, 1.807) is 17.8 Å². The smallest absolute Gasteiger partial charge is 0.129 e. The van der Waals surface area contributed by atoms with Crippen molar-refractivity contribution in [2.24, 2.45) is 5.92 Å². The zero-order valence-corrected chi connectivity index (χ0v) is 10.5. The van der Waals surface area contributed by atoms with Crippen molar-refractivity contribution in [3.8, 4) is 5.75 Å². The van der Waals surface area contributed by atoms with Gasteiger partial charge in [0.2, 0.25) is 0 Å². The number of phenols is 1. The highest BCUT2D eigenvalue weighted by Crippen LogP contribution is 2.31. The van der Waals surface area contributed by atoms with Crippen LogP contribution in [-0.2, 0) is 0 Å². The number of hydrogen-bond donors (Lipinski definition) is 1. The van der Waals surface area contributed by atoms with E-state index in [2.05, 4.69) is 11.9 Å². The number of benzene rings is 1. The fourth-order valence-corrected chi connectivity index (χ4v) is 3.27. The van der Waals surface area contributed by atoms with Crippen molar-refractivity contribution < 1.29 is 5.11 Å². The van der Waals surface area contributed by atoms with Crippen LogP contribution in [0, 0.1) is 5.92 Å². The molecular weight excluding hydrogens is 218 g/mol. The minimum absolute atomic E-state index is 0.414. The van der Waals surface area contributed by atoms with Crippen molar-refractivity contribution in [2.45, 2.75) is 17.7 Å². The quantitative estimate of drug-likeness (QED) is 0.818. The van der Waals surface area contributed by atoms with Crippen LogP contribution in [0.1, 0.15) is 12.8 Å². The summed E-state index contributed by atoms with van der Waals surface area (Å²) in [6.07, 6.45) is 2.63. The minimum Gasteiger partial charge on any atom is -0.507 e.